The zero-order valence-electron chi connectivity index (χ0n) is 19.6. The molecular weight excluding hydrogens is 506 g/mol. The topological polar surface area (TPSA) is 46.0 Å². The highest BCUT2D eigenvalue weighted by atomic mass is 79.9. The predicted octanol–water partition coefficient (Wildman–Crippen LogP) is 6.44. The second-order valence-corrected chi connectivity index (χ2v) is 10.0. The van der Waals surface area contributed by atoms with Crippen molar-refractivity contribution in [2.75, 3.05) is 4.90 Å². The summed E-state index contributed by atoms with van der Waals surface area (Å²) in [6, 6.07) is 18.6. The summed E-state index contributed by atoms with van der Waals surface area (Å²) in [5.74, 6) is 0.926. The number of benzene rings is 1. The lowest BCUT2D eigenvalue weighted by atomic mass is 9.96. The van der Waals surface area contributed by atoms with Gasteiger partial charge in [0.1, 0.15) is 5.82 Å². The van der Waals surface area contributed by atoms with Crippen LogP contribution >= 0.6 is 28.1 Å². The molecule has 1 N–H and O–H groups in total. The minimum absolute atomic E-state index is 0.0623. The van der Waals surface area contributed by atoms with Crippen LogP contribution in [0.25, 0.3) is 5.82 Å². The maximum atomic E-state index is 5.90. The first kappa shape index (κ1) is 22.7. The van der Waals surface area contributed by atoms with Crippen LogP contribution in [0.3, 0.4) is 0 Å². The number of hydrogen-bond acceptors (Lipinski definition) is 3. The van der Waals surface area contributed by atoms with Gasteiger partial charge in [0.25, 0.3) is 0 Å². The Bertz CT molecular complexity index is 1380. The fourth-order valence-electron chi connectivity index (χ4n) is 4.81. The number of anilines is 1. The smallest absolute Gasteiger partial charge is 0.174 e. The molecule has 3 aromatic heterocycles. The molecule has 1 fully saturated rings. The zero-order chi connectivity index (χ0) is 24.0. The van der Waals surface area contributed by atoms with Crippen LogP contribution in [0, 0.1) is 27.7 Å². The number of aromatic nitrogens is 3. The van der Waals surface area contributed by atoms with Gasteiger partial charge < -0.3 is 14.8 Å². The second-order valence-electron chi connectivity index (χ2n) is 8.78. The van der Waals surface area contributed by atoms with Crippen molar-refractivity contribution in [3.8, 4) is 5.82 Å². The Labute approximate surface area is 214 Å². The Balaban J connectivity index is 1.69. The van der Waals surface area contributed by atoms with E-state index in [4.69, 9.17) is 12.2 Å². The predicted molar refractivity (Wildman–Crippen MR) is 145 cm³/mol. The van der Waals surface area contributed by atoms with Crippen molar-refractivity contribution < 1.29 is 0 Å². The third-order valence-electron chi connectivity index (χ3n) is 6.44. The number of aryl methyl sites for hydroxylation is 3. The summed E-state index contributed by atoms with van der Waals surface area (Å²) in [6.45, 7) is 8.48. The van der Waals surface area contributed by atoms with Gasteiger partial charge >= 0.3 is 0 Å². The van der Waals surface area contributed by atoms with E-state index in [2.05, 4.69) is 105 Å². The molecule has 4 aromatic rings. The van der Waals surface area contributed by atoms with Crippen molar-refractivity contribution in [3.63, 3.8) is 0 Å². The van der Waals surface area contributed by atoms with Gasteiger partial charge in [0, 0.05) is 33.9 Å². The van der Waals surface area contributed by atoms with E-state index in [0.717, 1.165) is 38.6 Å². The summed E-state index contributed by atoms with van der Waals surface area (Å²) < 4.78 is 3.31. The average molecular weight is 533 g/mol. The molecule has 34 heavy (non-hydrogen) atoms. The first-order valence-corrected chi connectivity index (χ1v) is 12.4. The lowest BCUT2D eigenvalue weighted by molar-refractivity contribution is 0.565. The first-order chi connectivity index (χ1) is 16.3. The minimum atomic E-state index is -0.0860. The molecule has 0 aliphatic carbocycles. The van der Waals surface area contributed by atoms with Gasteiger partial charge in [-0.15, -0.1) is 0 Å². The normalized spacial score (nSPS) is 17.8. The zero-order valence-corrected chi connectivity index (χ0v) is 22.0. The summed E-state index contributed by atoms with van der Waals surface area (Å²) in [7, 11) is 0. The highest BCUT2D eigenvalue weighted by molar-refractivity contribution is 9.10. The van der Waals surface area contributed by atoms with E-state index >= 15 is 0 Å². The highest BCUT2D eigenvalue weighted by Crippen LogP contribution is 2.44. The summed E-state index contributed by atoms with van der Waals surface area (Å²) in [4.78, 5) is 11.6. The van der Waals surface area contributed by atoms with Crippen LogP contribution in [0.5, 0.6) is 0 Å². The molecule has 0 radical (unpaired) electrons. The Kier molecular flexibility index (Phi) is 6.00. The van der Waals surface area contributed by atoms with Gasteiger partial charge in [-0.1, -0.05) is 22.0 Å². The Hall–Kier alpha value is -3.03. The van der Waals surface area contributed by atoms with E-state index < -0.39 is 0 Å². The lowest BCUT2D eigenvalue weighted by Gasteiger charge is -2.28. The molecule has 0 unspecified atom stereocenters. The molecule has 0 saturated carbocycles. The van der Waals surface area contributed by atoms with Crippen LogP contribution in [0.15, 0.2) is 71.5 Å². The SMILES string of the molecule is Cc1ccnc(-n2c(C)cc([C@@H]3[C@H](c4ccccn4)NC(=S)N3c3ccc(Br)c(C)c3)c2C)c1. The number of nitrogens with one attached hydrogen (secondary N) is 1. The molecule has 0 bridgehead atoms. The molecule has 1 aromatic carbocycles. The summed E-state index contributed by atoms with van der Waals surface area (Å²) in [5, 5.41) is 4.26. The molecule has 172 valence electrons. The number of hydrogen-bond donors (Lipinski definition) is 1. The monoisotopic (exact) mass is 531 g/mol. The van der Waals surface area contributed by atoms with Gasteiger partial charge in [-0.05, 0) is 105 Å². The van der Waals surface area contributed by atoms with E-state index in [1.54, 1.807) is 0 Å². The Morgan fingerprint density at radius 1 is 0.941 bits per heavy atom. The molecule has 4 heterocycles. The molecule has 0 spiro atoms. The molecular formula is C27H26BrN5S. The number of nitrogens with zero attached hydrogens (tertiary/aromatic N) is 4. The van der Waals surface area contributed by atoms with Crippen LogP contribution in [0.1, 0.15) is 45.9 Å². The molecule has 2 atom stereocenters. The number of pyridine rings is 2. The van der Waals surface area contributed by atoms with Gasteiger partial charge in [0.05, 0.1) is 17.8 Å². The van der Waals surface area contributed by atoms with Gasteiger partial charge in [-0.3, -0.25) is 4.98 Å². The van der Waals surface area contributed by atoms with Crippen molar-refractivity contribution in [1.82, 2.24) is 19.9 Å². The summed E-state index contributed by atoms with van der Waals surface area (Å²) >= 11 is 9.53. The van der Waals surface area contributed by atoms with E-state index in [-0.39, 0.29) is 12.1 Å². The van der Waals surface area contributed by atoms with Crippen LogP contribution in [0.4, 0.5) is 5.69 Å². The number of thiocarbonyl (C=S) groups is 1. The van der Waals surface area contributed by atoms with Crippen LogP contribution in [0.2, 0.25) is 0 Å². The second kappa shape index (κ2) is 8.96. The number of rotatable bonds is 4. The van der Waals surface area contributed by atoms with Crippen molar-refractivity contribution in [2.24, 2.45) is 0 Å². The maximum Gasteiger partial charge on any atom is 0.174 e. The third kappa shape index (κ3) is 3.93. The summed E-state index contributed by atoms with van der Waals surface area (Å²) in [5.41, 5.74) is 7.84. The largest absolute Gasteiger partial charge is 0.351 e. The molecule has 0 amide bonds. The maximum absolute atomic E-state index is 5.90. The van der Waals surface area contributed by atoms with E-state index in [1.165, 1.54) is 11.1 Å². The Morgan fingerprint density at radius 3 is 2.47 bits per heavy atom. The quantitative estimate of drug-likeness (QED) is 0.307. The van der Waals surface area contributed by atoms with Gasteiger partial charge in [0.15, 0.2) is 5.11 Å². The summed E-state index contributed by atoms with van der Waals surface area (Å²) in [6.07, 6.45) is 3.70. The molecule has 1 saturated heterocycles. The molecule has 5 rings (SSSR count). The van der Waals surface area contributed by atoms with E-state index in [9.17, 15) is 0 Å². The van der Waals surface area contributed by atoms with Crippen molar-refractivity contribution in [3.05, 3.63) is 105 Å². The molecule has 7 heteroatoms. The molecule has 1 aliphatic rings. The van der Waals surface area contributed by atoms with Crippen LogP contribution < -0.4 is 10.2 Å². The minimum Gasteiger partial charge on any atom is -0.351 e. The van der Waals surface area contributed by atoms with Crippen molar-refractivity contribution in [2.45, 2.75) is 39.8 Å². The third-order valence-corrected chi connectivity index (χ3v) is 7.64. The fraction of sp³-hybridized carbons (Fsp3) is 0.222. The lowest BCUT2D eigenvalue weighted by Crippen LogP contribution is -2.29. The first-order valence-electron chi connectivity index (χ1n) is 11.2. The van der Waals surface area contributed by atoms with Gasteiger partial charge in [-0.2, -0.15) is 0 Å². The Morgan fingerprint density at radius 2 is 1.76 bits per heavy atom. The standard InChI is InChI=1S/C27H26BrN5S/c1-16-10-12-30-24(13-16)32-18(3)15-21(19(32)4)26-25(23-7-5-6-11-29-23)31-27(34)33(26)20-8-9-22(28)17(2)14-20/h5-15,25-26H,1-4H3,(H,31,34)/t25-,26+/m0/s1. The van der Waals surface area contributed by atoms with Crippen LogP contribution in [-0.2, 0) is 0 Å². The van der Waals surface area contributed by atoms with Gasteiger partial charge in [-0.25, -0.2) is 4.98 Å². The van der Waals surface area contributed by atoms with Crippen molar-refractivity contribution in [1.29, 1.82) is 0 Å². The highest BCUT2D eigenvalue weighted by Gasteiger charge is 2.42. The van der Waals surface area contributed by atoms with Crippen molar-refractivity contribution >= 4 is 38.9 Å². The number of halogens is 1. The van der Waals surface area contributed by atoms with E-state index in [0.29, 0.717) is 5.11 Å². The van der Waals surface area contributed by atoms with E-state index in [1.807, 2.05) is 30.6 Å². The fourth-order valence-corrected chi connectivity index (χ4v) is 5.40. The average Bonchev–Trinajstić information content (AvgIpc) is 3.31. The molecule has 1 aliphatic heterocycles. The van der Waals surface area contributed by atoms with Crippen LogP contribution in [-0.4, -0.2) is 19.6 Å². The molecule has 5 nitrogen and oxygen atoms in total. The van der Waals surface area contributed by atoms with Gasteiger partial charge in [0.2, 0.25) is 0 Å².